The van der Waals surface area contributed by atoms with Gasteiger partial charge in [-0.25, -0.2) is 0 Å². The molecular formula is C98H75BN4. The zero-order chi connectivity index (χ0) is 87.5. The molecule has 0 bridgehead atoms. The van der Waals surface area contributed by atoms with Crippen LogP contribution in [-0.2, 0) is 10.8 Å². The van der Waals surface area contributed by atoms with E-state index in [4.69, 9.17) is 2.74 Å². The summed E-state index contributed by atoms with van der Waals surface area (Å²) in [6, 6.07) is 57.1. The highest BCUT2D eigenvalue weighted by atomic mass is 15.2. The number of rotatable bonds is 10. The minimum absolute atomic E-state index is 0.0152. The van der Waals surface area contributed by atoms with E-state index in [-0.39, 0.29) is 66.1 Å². The van der Waals surface area contributed by atoms with Crippen molar-refractivity contribution in [1.29, 1.82) is 0 Å². The smallest absolute Gasteiger partial charge is 0.252 e. The minimum atomic E-state index is -1.50. The summed E-state index contributed by atoms with van der Waals surface area (Å²) in [5.41, 5.74) is 6.79. The first-order valence-electron chi connectivity index (χ1n) is 45.0. The number of aromatic nitrogens is 2. The van der Waals surface area contributed by atoms with Crippen LogP contribution in [0.2, 0.25) is 0 Å². The van der Waals surface area contributed by atoms with Crippen molar-refractivity contribution in [2.75, 3.05) is 9.80 Å². The number of hydrogen-bond donors (Lipinski definition) is 0. The van der Waals surface area contributed by atoms with Crippen LogP contribution in [0.3, 0.4) is 0 Å². The van der Waals surface area contributed by atoms with Gasteiger partial charge in [0.1, 0.15) is 0 Å². The first kappa shape index (κ1) is 43.3. The van der Waals surface area contributed by atoms with E-state index in [1.54, 1.807) is 0 Å². The summed E-state index contributed by atoms with van der Waals surface area (Å²) in [7, 11) is 0. The molecule has 0 aliphatic carbocycles. The third-order valence-electron chi connectivity index (χ3n) is 20.1. The molecule has 0 unspecified atom stereocenters. The van der Waals surface area contributed by atoms with Crippen LogP contribution in [0, 0.1) is 0 Å². The lowest BCUT2D eigenvalue weighted by Crippen LogP contribution is -2.63. The number of fused-ring (bicyclic) bond motifs is 10. The van der Waals surface area contributed by atoms with Crippen molar-refractivity contribution >= 4 is 101 Å². The average Bonchev–Trinajstić information content (AvgIpc) is 0.975. The van der Waals surface area contributed by atoms with Crippen LogP contribution >= 0.6 is 0 Å². The van der Waals surface area contributed by atoms with Gasteiger partial charge in [0.2, 0.25) is 0 Å². The maximum absolute atomic E-state index is 12.0. The molecule has 0 N–H and O–H groups in total. The third kappa shape index (κ3) is 10.1. The van der Waals surface area contributed by atoms with Gasteiger partial charge in [0, 0.05) is 77.9 Å². The lowest BCUT2D eigenvalue weighted by atomic mass is 9.32. The van der Waals surface area contributed by atoms with Crippen molar-refractivity contribution in [3.05, 3.63) is 356 Å². The quantitative estimate of drug-likeness (QED) is 0.127. The molecule has 15 aromatic carbocycles. The molecule has 0 spiro atoms. The molecule has 2 aliphatic rings. The second-order valence-electron chi connectivity index (χ2n) is 28.4. The summed E-state index contributed by atoms with van der Waals surface area (Å²) < 4.78 is 214. The summed E-state index contributed by atoms with van der Waals surface area (Å²) in [4.78, 5) is 3.97. The zero-order valence-corrected chi connectivity index (χ0v) is 57.2. The van der Waals surface area contributed by atoms with Gasteiger partial charge in [0.15, 0.2) is 0 Å². The SMILES string of the molecule is [2H]c1c([2H])c(-n2c3c([2H])c([2H])c([2H])c([2H])c3c3c([2H])c([2H])c([2H])c([2H])c32)c([2H])c2c1B1c3c(cc(C(C)(C)C)cc3N(c3c(-c4ccccc4)cc(-c4ccccc4)cc3-c3ccccc3)c3c([2H])c(-n4c5c([2H])c([2H])c([2H])c([2H])c5c5c([2H])c([2H])c([2H])c([2H])c54)c([2H])c(C(C)(C)C)c31)N2c1c(-c2ccccc2)cc(-c2ccccc2)cc1-c1ccccc1. The Morgan fingerprint density at radius 3 is 0.981 bits per heavy atom. The molecule has 0 radical (unpaired) electrons. The highest BCUT2D eigenvalue weighted by Crippen LogP contribution is 2.56. The molecule has 103 heavy (non-hydrogen) atoms. The van der Waals surface area contributed by atoms with E-state index in [1.165, 1.54) is 4.57 Å². The van der Waals surface area contributed by atoms with Gasteiger partial charge in [-0.2, -0.15) is 0 Å². The highest BCUT2D eigenvalue weighted by Gasteiger charge is 2.48. The molecule has 17 aromatic rings. The maximum Gasteiger partial charge on any atom is 0.252 e. The Balaban J connectivity index is 1.11. The first-order chi connectivity index (χ1) is 59.2. The standard InChI is InChI=1S/C98H75BN4/c1-97(2,3)72-59-90-94-91(60-72)103(96-81(68-41-21-11-22-42-68)57-71(65-35-15-8-16-36-65)58-82(96)69-43-23-12-24-44-69)92-63-74(101-87-51-31-27-47-77(87)78-48-28-32-52-88(78)101)61-83(98(4,5)6)93(92)99(94)84-54-53-73(100-85-49-29-25-45-75(85)76-46-26-30-50-86(76)100)62-89(84)102(90)95-79(66-37-17-9-18-38-66)55-70(64-33-13-7-14-34-64)56-80(95)67-39-19-10-20-40-67/h7-63H,1-6H3/i25D,26D,27D,28D,29D,30D,31D,32D,45D,46D,47D,48D,49D,50D,51D,52D,53D,54D,61D,62D,63D. The van der Waals surface area contributed by atoms with E-state index in [9.17, 15) is 26.0 Å². The van der Waals surface area contributed by atoms with Gasteiger partial charge in [0.25, 0.3) is 6.71 Å². The zero-order valence-electron chi connectivity index (χ0n) is 78.2. The summed E-state index contributed by atoms with van der Waals surface area (Å²) in [6.45, 7) is 10.3. The van der Waals surface area contributed by atoms with E-state index in [2.05, 4.69) is 57.2 Å². The van der Waals surface area contributed by atoms with Crippen LogP contribution in [0.5, 0.6) is 0 Å². The normalized spacial score (nSPS) is 15.6. The molecule has 0 saturated heterocycles. The summed E-state index contributed by atoms with van der Waals surface area (Å²) in [5.74, 6) is 0. The highest BCUT2D eigenvalue weighted by molar-refractivity contribution is 7.00. The molecule has 5 heteroatoms. The lowest BCUT2D eigenvalue weighted by Gasteiger charge is -2.48. The lowest BCUT2D eigenvalue weighted by molar-refractivity contribution is 0.590. The molecule has 0 saturated carbocycles. The Morgan fingerprint density at radius 1 is 0.291 bits per heavy atom. The van der Waals surface area contributed by atoms with Crippen molar-refractivity contribution in [3.63, 3.8) is 0 Å². The predicted octanol–water partition coefficient (Wildman–Crippen LogP) is 24.6. The number of para-hydroxylation sites is 4. The molecule has 2 aromatic heterocycles. The van der Waals surface area contributed by atoms with Gasteiger partial charge in [0.05, 0.1) is 62.2 Å². The second kappa shape index (κ2) is 24.1. The van der Waals surface area contributed by atoms with E-state index < -0.39 is 161 Å². The molecule has 490 valence electrons. The first-order valence-corrected chi connectivity index (χ1v) is 34.5. The Labute approximate surface area is 632 Å². The fraction of sp³-hybridized carbons (Fsp3) is 0.0816. The van der Waals surface area contributed by atoms with Crippen LogP contribution < -0.4 is 26.2 Å². The van der Waals surface area contributed by atoms with Crippen LogP contribution in [-0.4, -0.2) is 15.8 Å². The molecule has 19 rings (SSSR count). The Bertz CT molecular complexity index is 7210. The van der Waals surface area contributed by atoms with Crippen molar-refractivity contribution in [1.82, 2.24) is 9.13 Å². The molecule has 2 aliphatic heterocycles. The van der Waals surface area contributed by atoms with Crippen LogP contribution in [0.1, 0.15) is 81.5 Å². The molecular weight excluding hydrogens is 1240 g/mol. The number of nitrogens with zero attached hydrogens (tertiary/aromatic N) is 4. The fourth-order valence-electron chi connectivity index (χ4n) is 15.4. The van der Waals surface area contributed by atoms with E-state index in [0.29, 0.717) is 78.3 Å². The van der Waals surface area contributed by atoms with Gasteiger partial charge in [-0.1, -0.05) is 302 Å². The molecule has 0 amide bonds. The topological polar surface area (TPSA) is 16.3 Å². The molecule has 4 heterocycles. The van der Waals surface area contributed by atoms with Crippen LogP contribution in [0.4, 0.5) is 34.1 Å². The number of hydrogen-bond acceptors (Lipinski definition) is 2. The van der Waals surface area contributed by atoms with E-state index in [1.807, 2.05) is 213 Å². The van der Waals surface area contributed by atoms with Crippen molar-refractivity contribution < 1.29 is 28.8 Å². The van der Waals surface area contributed by atoms with Crippen molar-refractivity contribution in [2.45, 2.75) is 52.4 Å². The average molecular weight is 1340 g/mol. The third-order valence-corrected chi connectivity index (χ3v) is 20.1. The summed E-state index contributed by atoms with van der Waals surface area (Å²) >= 11 is 0. The predicted molar refractivity (Wildman–Crippen MR) is 439 cm³/mol. The monoisotopic (exact) mass is 1340 g/mol. The number of benzene rings is 15. The van der Waals surface area contributed by atoms with Gasteiger partial charge in [-0.3, -0.25) is 0 Å². The Kier molecular flexibility index (Phi) is 10.1. The van der Waals surface area contributed by atoms with Crippen molar-refractivity contribution in [2.24, 2.45) is 0 Å². The van der Waals surface area contributed by atoms with E-state index >= 15 is 0 Å². The van der Waals surface area contributed by atoms with Gasteiger partial charge in [-0.15, -0.1) is 0 Å². The second-order valence-corrected chi connectivity index (χ2v) is 28.4. The molecule has 0 atom stereocenters. The Morgan fingerprint density at radius 2 is 0.621 bits per heavy atom. The van der Waals surface area contributed by atoms with Gasteiger partial charge in [-0.05, 0) is 168 Å². The molecule has 4 nitrogen and oxygen atoms in total. The van der Waals surface area contributed by atoms with Gasteiger partial charge >= 0.3 is 0 Å². The largest absolute Gasteiger partial charge is 0.310 e. The van der Waals surface area contributed by atoms with Crippen molar-refractivity contribution in [3.8, 4) is 78.1 Å². The Hall–Kier alpha value is -12.4. The fourth-order valence-corrected chi connectivity index (χ4v) is 15.4. The summed E-state index contributed by atoms with van der Waals surface area (Å²) in [5, 5.41) is -1.26. The molecule has 0 fully saturated rings. The van der Waals surface area contributed by atoms with E-state index in [0.717, 1.165) is 26.8 Å². The maximum atomic E-state index is 12.0. The van der Waals surface area contributed by atoms with Crippen LogP contribution in [0.15, 0.2) is 345 Å². The number of anilines is 6. The van der Waals surface area contributed by atoms with Crippen LogP contribution in [0.25, 0.3) is 122 Å². The minimum Gasteiger partial charge on any atom is -0.310 e. The summed E-state index contributed by atoms with van der Waals surface area (Å²) in [6.07, 6.45) is 0. The van der Waals surface area contributed by atoms with Gasteiger partial charge < -0.3 is 18.9 Å².